The van der Waals surface area contributed by atoms with Crippen LogP contribution in [-0.4, -0.2) is 6.71 Å². The molecular weight excluding hydrogens is 886 g/mol. The summed E-state index contributed by atoms with van der Waals surface area (Å²) in [6, 6.07) is 62.2. The predicted molar refractivity (Wildman–Crippen MR) is 312 cm³/mol. The van der Waals surface area contributed by atoms with E-state index < -0.39 is 0 Å². The highest BCUT2D eigenvalue weighted by molar-refractivity contribution is 7.00. The number of furan rings is 1. The first-order valence-corrected chi connectivity index (χ1v) is 26.9. The average molecular weight is 954 g/mol. The van der Waals surface area contributed by atoms with Crippen LogP contribution in [0.25, 0.3) is 21.9 Å². The van der Waals surface area contributed by atoms with Crippen LogP contribution in [0.4, 0.5) is 51.2 Å². The van der Waals surface area contributed by atoms with Crippen molar-refractivity contribution in [3.63, 3.8) is 0 Å². The van der Waals surface area contributed by atoms with Crippen molar-refractivity contribution in [2.24, 2.45) is 0 Å². The molecular formula is C68H68BN3O. The lowest BCUT2D eigenvalue weighted by Crippen LogP contribution is -2.62. The van der Waals surface area contributed by atoms with Gasteiger partial charge < -0.3 is 19.1 Å². The van der Waals surface area contributed by atoms with Gasteiger partial charge in [0.05, 0.1) is 0 Å². The molecule has 9 aromatic rings. The molecule has 0 fully saturated rings. The van der Waals surface area contributed by atoms with Crippen molar-refractivity contribution in [3.8, 4) is 0 Å². The van der Waals surface area contributed by atoms with Crippen LogP contribution >= 0.6 is 0 Å². The molecule has 0 N–H and O–H groups in total. The lowest BCUT2D eigenvalue weighted by atomic mass is 9.33. The molecule has 0 atom stereocenters. The van der Waals surface area contributed by atoms with Crippen LogP contribution in [-0.2, 0) is 27.1 Å². The lowest BCUT2D eigenvalue weighted by molar-refractivity contribution is 0.332. The second-order valence-corrected chi connectivity index (χ2v) is 25.5. The first kappa shape index (κ1) is 45.9. The molecule has 3 heterocycles. The third kappa shape index (κ3) is 7.08. The number of fused-ring (bicyclic) bond motifs is 9. The van der Waals surface area contributed by atoms with Crippen molar-refractivity contribution in [2.45, 2.75) is 129 Å². The number of rotatable bonds is 5. The summed E-state index contributed by atoms with van der Waals surface area (Å²) in [6.45, 7) is 26.8. The molecule has 2 aliphatic carbocycles. The highest BCUT2D eigenvalue weighted by Gasteiger charge is 2.48. The Hall–Kier alpha value is -6.98. The summed E-state index contributed by atoms with van der Waals surface area (Å²) < 4.78 is 6.74. The largest absolute Gasteiger partial charge is 0.456 e. The molecule has 13 rings (SSSR count). The van der Waals surface area contributed by atoms with Crippen molar-refractivity contribution < 1.29 is 4.42 Å². The number of para-hydroxylation sites is 3. The number of nitrogens with zero attached hydrogens (tertiary/aromatic N) is 3. The molecule has 0 radical (unpaired) electrons. The Morgan fingerprint density at radius 1 is 0.425 bits per heavy atom. The van der Waals surface area contributed by atoms with Crippen LogP contribution in [0.15, 0.2) is 168 Å². The Labute approximate surface area is 433 Å². The van der Waals surface area contributed by atoms with Gasteiger partial charge in [0, 0.05) is 68.0 Å². The molecule has 4 nitrogen and oxygen atoms in total. The zero-order chi connectivity index (χ0) is 50.6. The number of benzene rings is 8. The number of hydrogen-bond donors (Lipinski definition) is 0. The summed E-state index contributed by atoms with van der Waals surface area (Å²) in [5.74, 6) is 0. The van der Waals surface area contributed by atoms with E-state index in [4.69, 9.17) is 4.42 Å². The number of hydrogen-bond acceptors (Lipinski definition) is 4. The Bertz CT molecular complexity index is 3660. The van der Waals surface area contributed by atoms with Gasteiger partial charge in [-0.1, -0.05) is 149 Å². The third-order valence-electron chi connectivity index (χ3n) is 17.9. The van der Waals surface area contributed by atoms with Crippen molar-refractivity contribution in [2.75, 3.05) is 14.7 Å². The predicted octanol–water partition coefficient (Wildman–Crippen LogP) is 17.1. The standard InChI is InChI=1S/C68H68BN3O/c1-64(2,3)43-36-59-63-60(37-43)72(48-26-29-50-49-24-18-19-25-61(49)73-62(50)40-48)57-39-47(70(44-20-14-12-15-21-44)45-22-16-13-17-23-45)28-31-55(57)69(63)56-41-53-54(68(10,11)35-34-67(53,8)9)42-58(56)71(59)46-27-30-51-52(38-46)66(6,7)33-32-65(51,4)5/h12-31,36-42H,32-35H2,1-11H3. The maximum Gasteiger partial charge on any atom is 0.252 e. The molecule has 2 aliphatic heterocycles. The van der Waals surface area contributed by atoms with Crippen molar-refractivity contribution in [1.82, 2.24) is 0 Å². The molecule has 364 valence electrons. The fourth-order valence-electron chi connectivity index (χ4n) is 13.3. The summed E-state index contributed by atoms with van der Waals surface area (Å²) >= 11 is 0. The fourth-order valence-corrected chi connectivity index (χ4v) is 13.3. The van der Waals surface area contributed by atoms with Gasteiger partial charge in [-0.15, -0.1) is 0 Å². The molecule has 73 heavy (non-hydrogen) atoms. The molecule has 0 unspecified atom stereocenters. The van der Waals surface area contributed by atoms with Crippen LogP contribution < -0.4 is 31.1 Å². The monoisotopic (exact) mass is 954 g/mol. The van der Waals surface area contributed by atoms with Gasteiger partial charge in [0.2, 0.25) is 0 Å². The zero-order valence-electron chi connectivity index (χ0n) is 44.7. The molecule has 0 saturated heterocycles. The highest BCUT2D eigenvalue weighted by atomic mass is 16.3. The summed E-state index contributed by atoms with van der Waals surface area (Å²) in [5.41, 5.74) is 23.7. The Morgan fingerprint density at radius 2 is 0.932 bits per heavy atom. The van der Waals surface area contributed by atoms with E-state index >= 15 is 0 Å². The second kappa shape index (κ2) is 15.8. The van der Waals surface area contributed by atoms with E-state index in [0.29, 0.717) is 0 Å². The Balaban J connectivity index is 1.15. The van der Waals surface area contributed by atoms with Crippen molar-refractivity contribution in [1.29, 1.82) is 0 Å². The van der Waals surface area contributed by atoms with E-state index in [2.05, 4.69) is 255 Å². The van der Waals surface area contributed by atoms with Gasteiger partial charge in [0.15, 0.2) is 0 Å². The Kier molecular flexibility index (Phi) is 9.90. The van der Waals surface area contributed by atoms with Gasteiger partial charge in [0.1, 0.15) is 11.2 Å². The van der Waals surface area contributed by atoms with Gasteiger partial charge >= 0.3 is 0 Å². The normalized spacial score (nSPS) is 17.7. The summed E-state index contributed by atoms with van der Waals surface area (Å²) in [6.07, 6.45) is 4.65. The average Bonchev–Trinajstić information content (AvgIpc) is 3.75. The molecule has 0 amide bonds. The first-order chi connectivity index (χ1) is 34.8. The summed E-state index contributed by atoms with van der Waals surface area (Å²) in [4.78, 5) is 7.68. The Morgan fingerprint density at radius 3 is 1.55 bits per heavy atom. The summed E-state index contributed by atoms with van der Waals surface area (Å²) in [7, 11) is 0. The lowest BCUT2D eigenvalue weighted by Gasteiger charge is -2.48. The molecule has 4 aliphatic rings. The molecule has 1 aromatic heterocycles. The van der Waals surface area contributed by atoms with Crippen LogP contribution in [0.2, 0.25) is 0 Å². The fraction of sp³-hybridized carbons (Fsp3) is 0.294. The van der Waals surface area contributed by atoms with E-state index in [0.717, 1.165) is 64.0 Å². The molecule has 0 bridgehead atoms. The molecule has 8 aromatic carbocycles. The van der Waals surface area contributed by atoms with E-state index in [1.807, 2.05) is 0 Å². The quantitative estimate of drug-likeness (QED) is 0.160. The van der Waals surface area contributed by atoms with Gasteiger partial charge in [-0.2, -0.15) is 0 Å². The minimum atomic E-state index is -0.162. The van der Waals surface area contributed by atoms with E-state index in [-0.39, 0.29) is 33.8 Å². The molecule has 5 heteroatoms. The third-order valence-corrected chi connectivity index (χ3v) is 17.9. The first-order valence-electron chi connectivity index (χ1n) is 26.9. The van der Waals surface area contributed by atoms with Crippen molar-refractivity contribution >= 4 is 96.2 Å². The number of anilines is 9. The van der Waals surface area contributed by atoms with E-state index in [1.54, 1.807) is 0 Å². The molecule has 0 spiro atoms. The minimum absolute atomic E-state index is 0.0204. The van der Waals surface area contributed by atoms with Crippen LogP contribution in [0.1, 0.15) is 130 Å². The maximum atomic E-state index is 6.74. The second-order valence-electron chi connectivity index (χ2n) is 25.5. The summed E-state index contributed by atoms with van der Waals surface area (Å²) in [5, 5.41) is 2.26. The van der Waals surface area contributed by atoms with Crippen molar-refractivity contribution in [3.05, 3.63) is 192 Å². The minimum Gasteiger partial charge on any atom is -0.456 e. The van der Waals surface area contributed by atoms with E-state index in [1.165, 1.54) is 79.1 Å². The van der Waals surface area contributed by atoms with Gasteiger partial charge in [-0.05, 0) is 182 Å². The van der Waals surface area contributed by atoms with Gasteiger partial charge in [-0.3, -0.25) is 0 Å². The zero-order valence-corrected chi connectivity index (χ0v) is 44.7. The van der Waals surface area contributed by atoms with Gasteiger partial charge in [-0.25, -0.2) is 0 Å². The van der Waals surface area contributed by atoms with Crippen LogP contribution in [0, 0.1) is 0 Å². The maximum absolute atomic E-state index is 6.74. The van der Waals surface area contributed by atoms with E-state index in [9.17, 15) is 0 Å². The van der Waals surface area contributed by atoms with Gasteiger partial charge in [0.25, 0.3) is 6.71 Å². The van der Waals surface area contributed by atoms with Crippen LogP contribution in [0.5, 0.6) is 0 Å². The smallest absolute Gasteiger partial charge is 0.252 e. The molecule has 0 saturated carbocycles. The highest BCUT2D eigenvalue weighted by Crippen LogP contribution is 2.54. The van der Waals surface area contributed by atoms with Crippen LogP contribution in [0.3, 0.4) is 0 Å². The SMILES string of the molecule is CC(C)(C)c1cc2c3c(c1)N(c1ccc4c(c1)C(C)(C)CCC4(C)C)c1cc4c(cc1B3c1ccc(N(c3ccccc3)c3ccccc3)cc1N2c1ccc2c(c1)oc1ccccc12)C(C)(C)CCC4(C)C. The topological polar surface area (TPSA) is 22.9 Å².